The molecule has 0 spiro atoms. The van der Waals surface area contributed by atoms with Crippen LogP contribution in [0.1, 0.15) is 24.7 Å². The van der Waals surface area contributed by atoms with Crippen molar-refractivity contribution >= 4 is 0 Å². The highest BCUT2D eigenvalue weighted by atomic mass is 16.7. The maximum atomic E-state index is 5.40. The van der Waals surface area contributed by atoms with Gasteiger partial charge >= 0.3 is 0 Å². The van der Waals surface area contributed by atoms with E-state index in [0.29, 0.717) is 19.4 Å². The molecule has 6 nitrogen and oxygen atoms in total. The van der Waals surface area contributed by atoms with Gasteiger partial charge in [0.1, 0.15) is 6.33 Å². The van der Waals surface area contributed by atoms with Gasteiger partial charge < -0.3 is 14.8 Å². The average molecular weight is 288 g/mol. The van der Waals surface area contributed by atoms with Crippen molar-refractivity contribution in [3.63, 3.8) is 0 Å². The topological polar surface area (TPSA) is 61.2 Å². The number of hydrogen-bond donors (Lipinski definition) is 1. The zero-order valence-electron chi connectivity index (χ0n) is 12.4. The number of nitrogens with one attached hydrogen (secondary N) is 1. The van der Waals surface area contributed by atoms with Crippen molar-refractivity contribution < 1.29 is 9.47 Å². The zero-order chi connectivity index (χ0) is 14.7. The van der Waals surface area contributed by atoms with Crippen molar-refractivity contribution in [2.24, 2.45) is 7.05 Å². The Morgan fingerprint density at radius 1 is 1.33 bits per heavy atom. The summed E-state index contributed by atoms with van der Waals surface area (Å²) in [6, 6.07) is 6.54. The van der Waals surface area contributed by atoms with Gasteiger partial charge in [0.25, 0.3) is 0 Å². The van der Waals surface area contributed by atoms with E-state index >= 15 is 0 Å². The molecule has 1 aliphatic rings. The first-order chi connectivity index (χ1) is 10.2. The van der Waals surface area contributed by atoms with Gasteiger partial charge in [-0.25, -0.2) is 4.98 Å². The van der Waals surface area contributed by atoms with E-state index in [1.54, 1.807) is 11.0 Å². The first-order valence-electron chi connectivity index (χ1n) is 7.17. The molecule has 3 rings (SSSR count). The Morgan fingerprint density at radius 2 is 2.19 bits per heavy atom. The van der Waals surface area contributed by atoms with Crippen molar-refractivity contribution in [3.8, 4) is 11.5 Å². The van der Waals surface area contributed by atoms with Crippen molar-refractivity contribution in [2.75, 3.05) is 6.79 Å². The van der Waals surface area contributed by atoms with Crippen LogP contribution in [0.15, 0.2) is 24.5 Å². The van der Waals surface area contributed by atoms with Crippen LogP contribution in [0.2, 0.25) is 0 Å². The molecule has 2 heterocycles. The van der Waals surface area contributed by atoms with Gasteiger partial charge in [0.05, 0.1) is 6.54 Å². The Labute approximate surface area is 124 Å². The molecule has 0 radical (unpaired) electrons. The molecule has 112 valence electrons. The molecule has 0 aliphatic carbocycles. The predicted octanol–water partition coefficient (Wildman–Crippen LogP) is 1.65. The van der Waals surface area contributed by atoms with Crippen molar-refractivity contribution in [2.45, 2.75) is 32.4 Å². The van der Waals surface area contributed by atoms with Crippen LogP contribution in [0, 0.1) is 0 Å². The molecule has 0 saturated heterocycles. The van der Waals surface area contributed by atoms with Gasteiger partial charge in [-0.3, -0.25) is 4.68 Å². The second kappa shape index (κ2) is 6.13. The molecule has 1 unspecified atom stereocenters. The lowest BCUT2D eigenvalue weighted by molar-refractivity contribution is 0.174. The monoisotopic (exact) mass is 288 g/mol. The van der Waals surface area contributed by atoms with E-state index < -0.39 is 0 Å². The van der Waals surface area contributed by atoms with Crippen LogP contribution in [0.25, 0.3) is 0 Å². The summed E-state index contributed by atoms with van der Waals surface area (Å²) >= 11 is 0. The van der Waals surface area contributed by atoms with Crippen LogP contribution < -0.4 is 14.8 Å². The molecule has 0 saturated carbocycles. The van der Waals surface area contributed by atoms with Crippen LogP contribution in [-0.4, -0.2) is 27.6 Å². The first-order valence-corrected chi connectivity index (χ1v) is 7.17. The summed E-state index contributed by atoms with van der Waals surface area (Å²) in [7, 11) is 1.87. The number of aryl methyl sites for hydroxylation is 2. The number of aromatic nitrogens is 3. The molecule has 0 fully saturated rings. The number of hydrogen-bond acceptors (Lipinski definition) is 5. The van der Waals surface area contributed by atoms with Crippen LogP contribution in [0.4, 0.5) is 0 Å². The summed E-state index contributed by atoms with van der Waals surface area (Å²) in [5.41, 5.74) is 1.27. The third-order valence-corrected chi connectivity index (χ3v) is 3.56. The fourth-order valence-corrected chi connectivity index (χ4v) is 2.31. The Bertz CT molecular complexity index is 611. The third kappa shape index (κ3) is 3.52. The lowest BCUT2D eigenvalue weighted by atomic mass is 10.1. The molecule has 1 N–H and O–H groups in total. The van der Waals surface area contributed by atoms with Crippen LogP contribution >= 0.6 is 0 Å². The highest BCUT2D eigenvalue weighted by Crippen LogP contribution is 2.32. The lowest BCUT2D eigenvalue weighted by Gasteiger charge is -2.12. The normalized spacial score (nSPS) is 14.4. The van der Waals surface area contributed by atoms with E-state index in [1.165, 1.54) is 5.56 Å². The van der Waals surface area contributed by atoms with Crippen LogP contribution in [0.5, 0.6) is 11.5 Å². The Hall–Kier alpha value is -2.08. The molecule has 1 aromatic carbocycles. The summed E-state index contributed by atoms with van der Waals surface area (Å²) in [5, 5.41) is 7.69. The van der Waals surface area contributed by atoms with Gasteiger partial charge in [-0.15, -0.1) is 0 Å². The Balaban J connectivity index is 1.46. The van der Waals surface area contributed by atoms with Gasteiger partial charge in [-0.05, 0) is 37.5 Å². The molecule has 6 heteroatoms. The first kappa shape index (κ1) is 13.9. The molecule has 21 heavy (non-hydrogen) atoms. The van der Waals surface area contributed by atoms with E-state index in [9.17, 15) is 0 Å². The highest BCUT2D eigenvalue weighted by Gasteiger charge is 2.13. The minimum atomic E-state index is 0.327. The third-order valence-electron chi connectivity index (χ3n) is 3.56. The van der Waals surface area contributed by atoms with E-state index in [2.05, 4.69) is 34.5 Å². The Morgan fingerprint density at radius 3 is 3.00 bits per heavy atom. The maximum absolute atomic E-state index is 5.40. The number of fused-ring (bicyclic) bond motifs is 1. The van der Waals surface area contributed by atoms with Crippen LogP contribution in [-0.2, 0) is 20.0 Å². The van der Waals surface area contributed by atoms with Crippen LogP contribution in [0.3, 0.4) is 0 Å². The average Bonchev–Trinajstić information content (AvgIpc) is 3.10. The fraction of sp³-hybridized carbons (Fsp3) is 0.467. The minimum Gasteiger partial charge on any atom is -0.454 e. The number of benzene rings is 1. The molecule has 1 aliphatic heterocycles. The zero-order valence-corrected chi connectivity index (χ0v) is 12.4. The molecular formula is C15H20N4O2. The van der Waals surface area contributed by atoms with Gasteiger partial charge in [-0.1, -0.05) is 6.07 Å². The molecular weight excluding hydrogens is 268 g/mol. The quantitative estimate of drug-likeness (QED) is 0.876. The second-order valence-electron chi connectivity index (χ2n) is 5.34. The Kier molecular flexibility index (Phi) is 4.06. The second-order valence-corrected chi connectivity index (χ2v) is 5.34. The predicted molar refractivity (Wildman–Crippen MR) is 78.2 cm³/mol. The standard InChI is InChI=1S/C15H20N4O2/c1-11(16-8-15-17-9-19(2)18-15)3-4-12-5-6-13-14(7-12)21-10-20-13/h5-7,9,11,16H,3-4,8,10H2,1-2H3. The minimum absolute atomic E-state index is 0.327. The van der Waals surface area contributed by atoms with Gasteiger partial charge in [-0.2, -0.15) is 5.10 Å². The summed E-state index contributed by atoms with van der Waals surface area (Å²) in [6.45, 7) is 3.20. The van der Waals surface area contributed by atoms with E-state index in [1.807, 2.05) is 13.1 Å². The summed E-state index contributed by atoms with van der Waals surface area (Å²) in [5.74, 6) is 2.52. The highest BCUT2D eigenvalue weighted by molar-refractivity contribution is 5.44. The summed E-state index contributed by atoms with van der Waals surface area (Å²) < 4.78 is 12.4. The largest absolute Gasteiger partial charge is 0.454 e. The molecule has 0 amide bonds. The van der Waals surface area contributed by atoms with Crippen molar-refractivity contribution in [1.29, 1.82) is 0 Å². The molecule has 1 atom stereocenters. The smallest absolute Gasteiger partial charge is 0.231 e. The van der Waals surface area contributed by atoms with Crippen molar-refractivity contribution in [1.82, 2.24) is 20.1 Å². The molecule has 2 aromatic rings. The summed E-state index contributed by atoms with van der Waals surface area (Å²) in [6.07, 6.45) is 3.77. The van der Waals surface area contributed by atoms with Gasteiger partial charge in [0.2, 0.25) is 6.79 Å². The lowest BCUT2D eigenvalue weighted by Crippen LogP contribution is -2.26. The SMILES string of the molecule is CC(CCc1ccc2c(c1)OCO2)NCc1ncn(C)n1. The van der Waals surface area contributed by atoms with E-state index in [-0.39, 0.29) is 0 Å². The maximum Gasteiger partial charge on any atom is 0.231 e. The fourth-order valence-electron chi connectivity index (χ4n) is 2.31. The van der Waals surface area contributed by atoms with Gasteiger partial charge in [0.15, 0.2) is 17.3 Å². The van der Waals surface area contributed by atoms with E-state index in [0.717, 1.165) is 30.2 Å². The molecule has 0 bridgehead atoms. The number of ether oxygens (including phenoxy) is 2. The summed E-state index contributed by atoms with van der Waals surface area (Å²) in [4.78, 5) is 4.20. The number of rotatable bonds is 6. The number of nitrogens with zero attached hydrogens (tertiary/aromatic N) is 3. The van der Waals surface area contributed by atoms with E-state index in [4.69, 9.17) is 9.47 Å². The van der Waals surface area contributed by atoms with Gasteiger partial charge in [0, 0.05) is 13.1 Å². The van der Waals surface area contributed by atoms with Crippen molar-refractivity contribution in [3.05, 3.63) is 35.9 Å². The molecule has 1 aromatic heterocycles.